The third kappa shape index (κ3) is 4.90. The molecule has 0 radical (unpaired) electrons. The van der Waals surface area contributed by atoms with E-state index in [1.54, 1.807) is 0 Å². The van der Waals surface area contributed by atoms with Crippen LogP contribution in [0.2, 0.25) is 0 Å². The Kier molecular flexibility index (Phi) is 7.12. The first kappa shape index (κ1) is 21.4. The van der Waals surface area contributed by atoms with Crippen LogP contribution in [-0.2, 0) is 12.8 Å². The fraction of sp³-hybridized carbons (Fsp3) is 0.571. The summed E-state index contributed by atoms with van der Waals surface area (Å²) in [6, 6.07) is 12.6. The van der Waals surface area contributed by atoms with Crippen molar-refractivity contribution in [3.63, 3.8) is 0 Å². The van der Waals surface area contributed by atoms with Crippen molar-refractivity contribution in [2.45, 2.75) is 89.9 Å². The van der Waals surface area contributed by atoms with Gasteiger partial charge >= 0.3 is 0 Å². The third-order valence-corrected chi connectivity index (χ3v) is 7.53. The maximum absolute atomic E-state index is 15.1. The lowest BCUT2D eigenvalue weighted by molar-refractivity contribution is 0.308. The average Bonchev–Trinajstić information content (AvgIpc) is 2.79. The molecule has 2 heteroatoms. The van der Waals surface area contributed by atoms with Crippen LogP contribution in [0.25, 0.3) is 0 Å². The van der Waals surface area contributed by atoms with Gasteiger partial charge in [-0.2, -0.15) is 0 Å². The van der Waals surface area contributed by atoms with Crippen LogP contribution in [0.4, 0.5) is 4.39 Å². The minimum absolute atomic E-state index is 0.0121. The van der Waals surface area contributed by atoms with Gasteiger partial charge in [-0.05, 0) is 110 Å². The Labute approximate surface area is 182 Å². The van der Waals surface area contributed by atoms with Gasteiger partial charge in [-0.1, -0.05) is 44.9 Å². The molecule has 0 heterocycles. The van der Waals surface area contributed by atoms with Crippen molar-refractivity contribution in [2.24, 2.45) is 5.92 Å². The molecule has 30 heavy (non-hydrogen) atoms. The molecule has 1 atom stereocenters. The molecular weight excluding hydrogens is 371 g/mol. The highest BCUT2D eigenvalue weighted by Crippen LogP contribution is 2.39. The van der Waals surface area contributed by atoms with Crippen molar-refractivity contribution in [3.05, 3.63) is 64.5 Å². The Morgan fingerprint density at radius 2 is 1.73 bits per heavy atom. The molecule has 1 nitrogen and oxygen atoms in total. The van der Waals surface area contributed by atoms with E-state index in [0.29, 0.717) is 5.92 Å². The lowest BCUT2D eigenvalue weighted by atomic mass is 9.76. The van der Waals surface area contributed by atoms with Gasteiger partial charge in [0.15, 0.2) is 0 Å². The maximum atomic E-state index is 15.1. The minimum Gasteiger partial charge on any atom is -0.494 e. The van der Waals surface area contributed by atoms with Crippen LogP contribution in [0, 0.1) is 11.7 Å². The fourth-order valence-corrected chi connectivity index (χ4v) is 5.45. The van der Waals surface area contributed by atoms with Crippen LogP contribution in [-0.4, -0.2) is 6.61 Å². The Hall–Kier alpha value is -1.83. The molecule has 0 aliphatic heterocycles. The van der Waals surface area contributed by atoms with Gasteiger partial charge in [0.1, 0.15) is 11.6 Å². The van der Waals surface area contributed by atoms with E-state index in [2.05, 4.69) is 44.2 Å². The summed E-state index contributed by atoms with van der Waals surface area (Å²) in [5, 5.41) is 0. The molecule has 1 fully saturated rings. The number of hydrogen-bond donors (Lipinski definition) is 0. The normalized spacial score (nSPS) is 23.8. The van der Waals surface area contributed by atoms with Crippen LogP contribution < -0.4 is 4.74 Å². The molecule has 0 amide bonds. The van der Waals surface area contributed by atoms with Gasteiger partial charge in [-0.3, -0.25) is 0 Å². The summed E-state index contributed by atoms with van der Waals surface area (Å²) in [6.07, 6.45) is 11.5. The van der Waals surface area contributed by atoms with Gasteiger partial charge in [-0.15, -0.1) is 0 Å². The maximum Gasteiger partial charge on any atom is 0.126 e. The number of ether oxygens (including phenoxy) is 1. The first-order valence-electron chi connectivity index (χ1n) is 12.2. The molecule has 4 rings (SSSR count). The van der Waals surface area contributed by atoms with Gasteiger partial charge in [0.05, 0.1) is 6.61 Å². The van der Waals surface area contributed by atoms with E-state index >= 15 is 4.39 Å². The van der Waals surface area contributed by atoms with E-state index in [1.807, 2.05) is 6.07 Å². The van der Waals surface area contributed by atoms with E-state index in [1.165, 1.54) is 48.8 Å². The van der Waals surface area contributed by atoms with Gasteiger partial charge in [0, 0.05) is 0 Å². The zero-order valence-electron chi connectivity index (χ0n) is 18.8. The van der Waals surface area contributed by atoms with E-state index in [0.717, 1.165) is 55.9 Å². The van der Waals surface area contributed by atoms with Crippen molar-refractivity contribution in [2.75, 3.05) is 6.61 Å². The van der Waals surface area contributed by atoms with Crippen LogP contribution >= 0.6 is 0 Å². The number of fused-ring (bicyclic) bond motifs is 1. The van der Waals surface area contributed by atoms with Gasteiger partial charge < -0.3 is 4.74 Å². The molecule has 1 saturated carbocycles. The zero-order valence-corrected chi connectivity index (χ0v) is 18.8. The van der Waals surface area contributed by atoms with Crippen molar-refractivity contribution in [1.29, 1.82) is 0 Å². The van der Waals surface area contributed by atoms with E-state index in [4.69, 9.17) is 4.74 Å². The summed E-state index contributed by atoms with van der Waals surface area (Å²) < 4.78 is 21.0. The van der Waals surface area contributed by atoms with Gasteiger partial charge in [-0.25, -0.2) is 4.39 Å². The molecule has 2 aromatic carbocycles. The van der Waals surface area contributed by atoms with E-state index in [9.17, 15) is 0 Å². The average molecular weight is 409 g/mol. The summed E-state index contributed by atoms with van der Waals surface area (Å²) >= 11 is 0. The summed E-state index contributed by atoms with van der Waals surface area (Å²) in [5.41, 5.74) is 4.87. The van der Waals surface area contributed by atoms with Crippen LogP contribution in [0.15, 0.2) is 36.4 Å². The Morgan fingerprint density at radius 3 is 2.47 bits per heavy atom. The summed E-state index contributed by atoms with van der Waals surface area (Å²) in [5.74, 6) is 2.71. The first-order valence-corrected chi connectivity index (χ1v) is 12.2. The molecule has 0 aromatic heterocycles. The zero-order chi connectivity index (χ0) is 20.9. The van der Waals surface area contributed by atoms with Crippen molar-refractivity contribution in [3.8, 4) is 5.75 Å². The van der Waals surface area contributed by atoms with Crippen molar-refractivity contribution < 1.29 is 9.13 Å². The monoisotopic (exact) mass is 408 g/mol. The lowest BCUT2D eigenvalue weighted by Gasteiger charge is -2.29. The standard InChI is InChI=1S/C28H37FO/c1-3-5-16-30-26-14-12-22-17-25(11-10-23(22)18-26)27-15-13-24(19-28(27)29)21-8-6-20(4-2)7-9-21/h12-15,18-21,25H,3-11,16-17H2,1-2H3. The highest BCUT2D eigenvalue weighted by molar-refractivity contribution is 5.40. The molecule has 0 N–H and O–H groups in total. The molecule has 0 bridgehead atoms. The highest BCUT2D eigenvalue weighted by Gasteiger charge is 2.25. The second-order valence-electron chi connectivity index (χ2n) is 9.48. The molecule has 1 unspecified atom stereocenters. The second kappa shape index (κ2) is 9.98. The Morgan fingerprint density at radius 1 is 0.900 bits per heavy atom. The second-order valence-corrected chi connectivity index (χ2v) is 9.48. The highest BCUT2D eigenvalue weighted by atomic mass is 19.1. The number of unbranched alkanes of at least 4 members (excludes halogenated alkanes) is 1. The molecule has 0 saturated heterocycles. The molecule has 2 aromatic rings. The van der Waals surface area contributed by atoms with Gasteiger partial charge in [0.25, 0.3) is 0 Å². The largest absolute Gasteiger partial charge is 0.494 e. The van der Waals surface area contributed by atoms with Crippen LogP contribution in [0.1, 0.15) is 99.3 Å². The Balaban J connectivity index is 1.42. The molecular formula is C28H37FO. The minimum atomic E-state index is 0.0121. The number of aryl methyl sites for hydroxylation is 1. The van der Waals surface area contributed by atoms with Crippen molar-refractivity contribution >= 4 is 0 Å². The predicted molar refractivity (Wildman–Crippen MR) is 123 cm³/mol. The number of halogens is 1. The van der Waals surface area contributed by atoms with Crippen LogP contribution in [0.3, 0.4) is 0 Å². The number of hydrogen-bond acceptors (Lipinski definition) is 1. The topological polar surface area (TPSA) is 9.23 Å². The van der Waals surface area contributed by atoms with E-state index in [-0.39, 0.29) is 11.7 Å². The molecule has 0 spiro atoms. The fourth-order valence-electron chi connectivity index (χ4n) is 5.45. The Bertz CT molecular complexity index is 835. The quantitative estimate of drug-likeness (QED) is 0.422. The predicted octanol–water partition coefficient (Wildman–Crippen LogP) is 7.96. The molecule has 2 aliphatic rings. The lowest BCUT2D eigenvalue weighted by Crippen LogP contribution is -2.15. The first-order chi connectivity index (χ1) is 14.7. The van der Waals surface area contributed by atoms with Crippen molar-refractivity contribution in [1.82, 2.24) is 0 Å². The summed E-state index contributed by atoms with van der Waals surface area (Å²) in [4.78, 5) is 0. The number of benzene rings is 2. The molecule has 2 aliphatic carbocycles. The third-order valence-electron chi connectivity index (χ3n) is 7.53. The van der Waals surface area contributed by atoms with E-state index < -0.39 is 0 Å². The van der Waals surface area contributed by atoms with Crippen LogP contribution in [0.5, 0.6) is 5.75 Å². The smallest absolute Gasteiger partial charge is 0.126 e. The summed E-state index contributed by atoms with van der Waals surface area (Å²) in [6.45, 7) is 5.26. The summed E-state index contributed by atoms with van der Waals surface area (Å²) in [7, 11) is 0. The van der Waals surface area contributed by atoms with Gasteiger partial charge in [0.2, 0.25) is 0 Å². The SMILES string of the molecule is CCCCOc1ccc2c(c1)CCC(c1ccc(C3CCC(CC)CC3)cc1F)C2. The molecule has 162 valence electrons. The number of rotatable bonds is 7.